The number of nitrogens with one attached hydrogen (secondary N) is 1. The number of hydrogen-bond donors (Lipinski definition) is 1. The molecular formula is C37H49ClN2O5S. The van der Waals surface area contributed by atoms with E-state index < -0.39 is 26.8 Å². The minimum Gasteiger partial charge on any atom is -0.490 e. The Kier molecular flexibility index (Phi) is 9.05. The molecule has 1 N–H and O–H groups in total. The van der Waals surface area contributed by atoms with Crippen LogP contribution < -0.4 is 14.4 Å². The number of amides is 1. The number of nitrogens with zero attached hydrogens (tertiary/aromatic N) is 1. The number of hydrogen-bond acceptors (Lipinski definition) is 6. The third kappa shape index (κ3) is 5.87. The number of anilines is 1. The van der Waals surface area contributed by atoms with Crippen LogP contribution in [0.2, 0.25) is 5.02 Å². The molecule has 6 atom stereocenters. The summed E-state index contributed by atoms with van der Waals surface area (Å²) in [6, 6.07) is 11.6. The minimum atomic E-state index is -3.92. The van der Waals surface area contributed by atoms with Crippen LogP contribution in [0.25, 0.3) is 0 Å². The number of allylic oxidation sites excluding steroid dienone is 1. The molecule has 1 saturated carbocycles. The number of halogens is 1. The molecule has 2 bridgehead atoms. The molecule has 46 heavy (non-hydrogen) atoms. The van der Waals surface area contributed by atoms with E-state index in [4.69, 9.17) is 21.1 Å². The Morgan fingerprint density at radius 2 is 1.93 bits per heavy atom. The number of carbonyl (C=O) groups excluding carboxylic acids is 1. The highest BCUT2D eigenvalue weighted by molar-refractivity contribution is 7.90. The maximum atomic E-state index is 13.5. The highest BCUT2D eigenvalue weighted by atomic mass is 35.5. The van der Waals surface area contributed by atoms with E-state index in [1.54, 1.807) is 13.0 Å². The third-order valence-electron chi connectivity index (χ3n) is 11.7. The van der Waals surface area contributed by atoms with Gasteiger partial charge in [0.1, 0.15) is 5.75 Å². The summed E-state index contributed by atoms with van der Waals surface area (Å²) in [4.78, 5) is 16.0. The molecule has 2 aromatic carbocycles. The van der Waals surface area contributed by atoms with E-state index in [0.29, 0.717) is 24.3 Å². The van der Waals surface area contributed by atoms with Crippen molar-refractivity contribution in [3.8, 4) is 5.75 Å². The van der Waals surface area contributed by atoms with Gasteiger partial charge in [-0.2, -0.15) is 0 Å². The number of rotatable bonds is 3. The van der Waals surface area contributed by atoms with Gasteiger partial charge in [0.05, 0.1) is 23.1 Å². The number of methoxy groups -OCH3 is 1. The Balaban J connectivity index is 1.49. The fourth-order valence-corrected chi connectivity index (χ4v) is 10.3. The molecule has 250 valence electrons. The van der Waals surface area contributed by atoms with Crippen LogP contribution in [-0.4, -0.2) is 52.0 Å². The van der Waals surface area contributed by atoms with Crippen LogP contribution in [0.5, 0.6) is 5.75 Å². The molecule has 1 fully saturated rings. The van der Waals surface area contributed by atoms with Crippen molar-refractivity contribution in [2.45, 2.75) is 95.3 Å². The van der Waals surface area contributed by atoms with Gasteiger partial charge in [-0.15, -0.1) is 0 Å². The summed E-state index contributed by atoms with van der Waals surface area (Å²) in [5.74, 6) is 0.179. The Bertz CT molecular complexity index is 1630. The lowest BCUT2D eigenvalue weighted by Crippen LogP contribution is -2.58. The number of ether oxygens (including phenoxy) is 2. The van der Waals surface area contributed by atoms with Gasteiger partial charge in [-0.3, -0.25) is 4.79 Å². The fraction of sp³-hybridized carbons (Fsp3) is 0.595. The molecule has 1 amide bonds. The Hall–Kier alpha value is -2.55. The van der Waals surface area contributed by atoms with E-state index in [-0.39, 0.29) is 22.7 Å². The van der Waals surface area contributed by atoms with Crippen LogP contribution in [0, 0.1) is 17.3 Å². The van der Waals surface area contributed by atoms with E-state index in [1.165, 1.54) is 11.1 Å². The monoisotopic (exact) mass is 668 g/mol. The third-order valence-corrected chi connectivity index (χ3v) is 13.9. The summed E-state index contributed by atoms with van der Waals surface area (Å²) in [5, 5.41) is -0.0100. The molecule has 9 heteroatoms. The van der Waals surface area contributed by atoms with Gasteiger partial charge < -0.3 is 14.4 Å². The first-order chi connectivity index (χ1) is 21.9. The zero-order valence-corrected chi connectivity index (χ0v) is 29.5. The van der Waals surface area contributed by atoms with Gasteiger partial charge in [-0.1, -0.05) is 57.0 Å². The first-order valence-electron chi connectivity index (χ1n) is 16.9. The van der Waals surface area contributed by atoms with Gasteiger partial charge >= 0.3 is 0 Å². The van der Waals surface area contributed by atoms with Gasteiger partial charge in [0.2, 0.25) is 10.0 Å². The molecule has 1 spiro atoms. The zero-order valence-electron chi connectivity index (χ0n) is 27.9. The number of carbonyl (C=O) groups is 1. The molecule has 2 aromatic rings. The summed E-state index contributed by atoms with van der Waals surface area (Å²) in [6.07, 6.45) is 11.9. The van der Waals surface area contributed by atoms with Gasteiger partial charge in [-0.25, -0.2) is 13.1 Å². The molecule has 2 aliphatic heterocycles. The van der Waals surface area contributed by atoms with Crippen molar-refractivity contribution in [1.82, 2.24) is 4.72 Å². The van der Waals surface area contributed by atoms with Crippen LogP contribution in [0.15, 0.2) is 48.6 Å². The Morgan fingerprint density at radius 1 is 1.13 bits per heavy atom. The summed E-state index contributed by atoms with van der Waals surface area (Å²) in [7, 11) is -2.10. The molecule has 0 aromatic heterocycles. The Labute approximate surface area is 280 Å². The number of sulfonamides is 1. The average molecular weight is 669 g/mol. The molecule has 2 aliphatic carbocycles. The van der Waals surface area contributed by atoms with Gasteiger partial charge in [-0.05, 0) is 111 Å². The van der Waals surface area contributed by atoms with Crippen molar-refractivity contribution in [2.75, 3.05) is 31.7 Å². The average Bonchev–Trinajstić information content (AvgIpc) is 3.16. The molecule has 0 saturated heterocycles. The van der Waals surface area contributed by atoms with Crippen molar-refractivity contribution in [2.24, 2.45) is 17.3 Å². The molecule has 4 aliphatic rings. The van der Waals surface area contributed by atoms with Crippen molar-refractivity contribution < 1.29 is 22.7 Å². The second-order valence-electron chi connectivity index (χ2n) is 14.7. The van der Waals surface area contributed by atoms with Gasteiger partial charge in [0, 0.05) is 36.2 Å². The van der Waals surface area contributed by atoms with Crippen LogP contribution in [0.4, 0.5) is 5.69 Å². The maximum Gasteiger partial charge on any atom is 0.264 e. The lowest BCUT2D eigenvalue weighted by atomic mass is 9.53. The van der Waals surface area contributed by atoms with Gasteiger partial charge in [0.15, 0.2) is 0 Å². The predicted octanol–water partition coefficient (Wildman–Crippen LogP) is 7.46. The number of benzene rings is 2. The minimum absolute atomic E-state index is 0.0621. The molecule has 1 unspecified atom stereocenters. The lowest BCUT2D eigenvalue weighted by Gasteiger charge is -2.57. The predicted molar refractivity (Wildman–Crippen MR) is 184 cm³/mol. The molecule has 0 radical (unpaired) electrons. The molecule has 6 rings (SSSR count). The standard InChI is InChI=1S/C37H49ClN2O5S/c1-6-16-37(44-5)18-7-9-25(2)26(3)46(42,43)39-34(41)28-11-14-32-31(21-28)40(22-35(4)19-15-33(35)37)23-36(24-45-32)17-8-10-27-20-29(38)12-13-30(27)36/h7,11-14,18,20-21,25-26,33H,6,8-10,15-17,19,22-24H2,1-5H3,(H,39,41)/b18-7+/t25-,26+,33+,35?,36-,37+/m0/s1. The van der Waals surface area contributed by atoms with E-state index in [0.717, 1.165) is 68.7 Å². The van der Waals surface area contributed by atoms with Crippen molar-refractivity contribution in [3.05, 3.63) is 70.3 Å². The van der Waals surface area contributed by atoms with Crippen LogP contribution in [0.3, 0.4) is 0 Å². The lowest BCUT2D eigenvalue weighted by molar-refractivity contribution is -0.119. The summed E-state index contributed by atoms with van der Waals surface area (Å²) < 4.78 is 42.3. The topological polar surface area (TPSA) is 84.9 Å². The van der Waals surface area contributed by atoms with Crippen LogP contribution >= 0.6 is 11.6 Å². The van der Waals surface area contributed by atoms with E-state index in [9.17, 15) is 13.2 Å². The first kappa shape index (κ1) is 33.4. The summed E-state index contributed by atoms with van der Waals surface area (Å²) in [6.45, 7) is 10.2. The second kappa shape index (κ2) is 12.5. The van der Waals surface area contributed by atoms with Gasteiger partial charge in [0.25, 0.3) is 5.91 Å². The van der Waals surface area contributed by atoms with Crippen LogP contribution in [0.1, 0.15) is 94.1 Å². The molecular weight excluding hydrogens is 620 g/mol. The summed E-state index contributed by atoms with van der Waals surface area (Å²) in [5.41, 5.74) is 2.93. The second-order valence-corrected chi connectivity index (χ2v) is 17.2. The van der Waals surface area contributed by atoms with Crippen molar-refractivity contribution >= 4 is 33.2 Å². The number of aryl methyl sites for hydroxylation is 1. The zero-order chi connectivity index (χ0) is 32.9. The first-order valence-corrected chi connectivity index (χ1v) is 18.9. The van der Waals surface area contributed by atoms with Crippen molar-refractivity contribution in [3.63, 3.8) is 0 Å². The van der Waals surface area contributed by atoms with Crippen LogP contribution in [-0.2, 0) is 26.6 Å². The largest absolute Gasteiger partial charge is 0.490 e. The Morgan fingerprint density at radius 3 is 2.65 bits per heavy atom. The quantitative estimate of drug-likeness (QED) is 0.342. The molecule has 7 nitrogen and oxygen atoms in total. The van der Waals surface area contributed by atoms with E-state index in [2.05, 4.69) is 47.8 Å². The normalized spacial score (nSPS) is 34.7. The molecule has 2 heterocycles. The van der Waals surface area contributed by atoms with E-state index >= 15 is 0 Å². The highest BCUT2D eigenvalue weighted by Crippen LogP contribution is 2.56. The number of fused-ring (bicyclic) bond motifs is 4. The SMILES string of the molecule is CCC[C@@]1(OC)/C=C/C[C@H](C)[C@@H](C)S(=O)(=O)NC(=O)c2ccc3c(c2)N(CC2(C)CC[C@H]21)C[C@@]1(CCCc2cc(Cl)ccc21)CO3. The fourth-order valence-electron chi connectivity index (χ4n) is 8.81. The summed E-state index contributed by atoms with van der Waals surface area (Å²) >= 11 is 6.46. The van der Waals surface area contributed by atoms with Crippen molar-refractivity contribution in [1.29, 1.82) is 0 Å². The smallest absolute Gasteiger partial charge is 0.264 e. The van der Waals surface area contributed by atoms with E-state index in [1.807, 2.05) is 32.2 Å². The highest BCUT2D eigenvalue weighted by Gasteiger charge is 2.55. The maximum absolute atomic E-state index is 13.5.